The highest BCUT2D eigenvalue weighted by molar-refractivity contribution is 7.92. The molecule has 0 aromatic heterocycles. The lowest BCUT2D eigenvalue weighted by molar-refractivity contribution is -0.120. The molecule has 2 rings (SSSR count). The van der Waals surface area contributed by atoms with Crippen LogP contribution in [-0.4, -0.2) is 27.1 Å². The molecule has 0 fully saturated rings. The number of carbonyl (C=O) groups is 1. The summed E-state index contributed by atoms with van der Waals surface area (Å²) in [5.41, 5.74) is 6.87. The average molecular weight is 403 g/mol. The highest BCUT2D eigenvalue weighted by atomic mass is 32.2. The first-order valence-electron chi connectivity index (χ1n) is 9.33. The van der Waals surface area contributed by atoms with Gasteiger partial charge in [0.25, 0.3) is 0 Å². The lowest BCUT2D eigenvalue weighted by Crippen LogP contribution is -2.41. The van der Waals surface area contributed by atoms with E-state index in [1.807, 2.05) is 40.7 Å². The van der Waals surface area contributed by atoms with E-state index in [4.69, 9.17) is 0 Å². The fourth-order valence-electron chi connectivity index (χ4n) is 3.33. The molecule has 1 amide bonds. The quantitative estimate of drug-likeness (QED) is 0.798. The summed E-state index contributed by atoms with van der Waals surface area (Å²) in [6.07, 6.45) is 1.12. The highest BCUT2D eigenvalue weighted by Crippen LogP contribution is 2.25. The Hall–Kier alpha value is -2.34. The van der Waals surface area contributed by atoms with Crippen LogP contribution in [0.2, 0.25) is 0 Å². The molecule has 1 N–H and O–H groups in total. The second-order valence-corrected chi connectivity index (χ2v) is 9.48. The largest absolute Gasteiger partial charge is 0.348 e. The third kappa shape index (κ3) is 4.93. The third-order valence-electron chi connectivity index (χ3n) is 5.26. The van der Waals surface area contributed by atoms with Crippen LogP contribution in [0, 0.1) is 34.6 Å². The highest BCUT2D eigenvalue weighted by Gasteiger charge is 2.24. The van der Waals surface area contributed by atoms with Crippen molar-refractivity contribution in [2.45, 2.75) is 47.6 Å². The molecule has 0 radical (unpaired) electrons. The number of nitrogens with zero attached hydrogens (tertiary/aromatic N) is 1. The monoisotopic (exact) mass is 402 g/mol. The van der Waals surface area contributed by atoms with Crippen LogP contribution in [0.15, 0.2) is 30.3 Å². The van der Waals surface area contributed by atoms with Gasteiger partial charge >= 0.3 is 0 Å². The number of aryl methyl sites for hydroxylation is 4. The lowest BCUT2D eigenvalue weighted by atomic mass is 9.96. The van der Waals surface area contributed by atoms with Crippen molar-refractivity contribution in [1.29, 1.82) is 0 Å². The van der Waals surface area contributed by atoms with E-state index >= 15 is 0 Å². The van der Waals surface area contributed by atoms with E-state index in [2.05, 4.69) is 24.4 Å². The topological polar surface area (TPSA) is 66.5 Å². The van der Waals surface area contributed by atoms with Crippen LogP contribution >= 0.6 is 0 Å². The molecule has 0 spiro atoms. The maximum absolute atomic E-state index is 12.7. The molecule has 0 saturated carbocycles. The van der Waals surface area contributed by atoms with Gasteiger partial charge in [-0.1, -0.05) is 24.3 Å². The summed E-state index contributed by atoms with van der Waals surface area (Å²) in [4.78, 5) is 12.7. The summed E-state index contributed by atoms with van der Waals surface area (Å²) < 4.78 is 25.9. The Balaban J connectivity index is 2.25. The minimum Gasteiger partial charge on any atom is -0.348 e. The molecule has 0 aliphatic rings. The summed E-state index contributed by atoms with van der Waals surface area (Å²) in [6, 6.07) is 9.42. The first kappa shape index (κ1) is 22.0. The number of hydrogen-bond donors (Lipinski definition) is 1. The summed E-state index contributed by atoms with van der Waals surface area (Å²) in [7, 11) is -3.60. The van der Waals surface area contributed by atoms with Crippen molar-refractivity contribution in [2.75, 3.05) is 17.1 Å². The predicted octanol–water partition coefficient (Wildman–Crippen LogP) is 3.87. The molecule has 0 saturated heterocycles. The molecule has 6 heteroatoms. The van der Waals surface area contributed by atoms with Gasteiger partial charge in [-0.3, -0.25) is 9.10 Å². The van der Waals surface area contributed by atoms with Crippen LogP contribution < -0.4 is 9.62 Å². The van der Waals surface area contributed by atoms with Crippen molar-refractivity contribution in [3.05, 3.63) is 63.7 Å². The number of hydrogen-bond acceptors (Lipinski definition) is 3. The van der Waals surface area contributed by atoms with Crippen LogP contribution in [0.1, 0.15) is 46.3 Å². The second-order valence-electron chi connectivity index (χ2n) is 7.57. The Labute approximate surface area is 168 Å². The number of rotatable bonds is 6. The van der Waals surface area contributed by atoms with Crippen LogP contribution in [-0.2, 0) is 14.8 Å². The number of carbonyl (C=O) groups excluding carboxylic acids is 1. The molecule has 0 aliphatic carbocycles. The Morgan fingerprint density at radius 2 is 1.61 bits per heavy atom. The van der Waals surface area contributed by atoms with E-state index < -0.39 is 10.0 Å². The van der Waals surface area contributed by atoms with Crippen LogP contribution in [0.25, 0.3) is 0 Å². The molecule has 28 heavy (non-hydrogen) atoms. The van der Waals surface area contributed by atoms with Gasteiger partial charge in [-0.05, 0) is 81.0 Å². The SMILES string of the molecule is Cc1cc(C)c(C(C)NC(=O)CN(c2cccc(C)c2C)S(C)(=O)=O)cc1C. The Kier molecular flexibility index (Phi) is 6.55. The van der Waals surface area contributed by atoms with Crippen molar-refractivity contribution in [3.8, 4) is 0 Å². The molecular weight excluding hydrogens is 372 g/mol. The van der Waals surface area contributed by atoms with Gasteiger partial charge in [-0.25, -0.2) is 8.42 Å². The van der Waals surface area contributed by atoms with E-state index in [9.17, 15) is 13.2 Å². The number of nitrogens with one attached hydrogen (secondary N) is 1. The van der Waals surface area contributed by atoms with Gasteiger partial charge in [0.2, 0.25) is 15.9 Å². The summed E-state index contributed by atoms with van der Waals surface area (Å²) >= 11 is 0. The molecule has 5 nitrogen and oxygen atoms in total. The fourth-order valence-corrected chi connectivity index (χ4v) is 4.24. The minimum absolute atomic E-state index is 0.216. The van der Waals surface area contributed by atoms with E-state index in [1.165, 1.54) is 9.87 Å². The zero-order valence-electron chi connectivity index (χ0n) is 17.8. The molecule has 0 bridgehead atoms. The summed E-state index contributed by atoms with van der Waals surface area (Å²) in [6.45, 7) is 11.6. The fraction of sp³-hybridized carbons (Fsp3) is 0.409. The standard InChI is InChI=1S/C22H30N2O3S/c1-14-9-8-10-21(18(14)5)24(28(7,26)27)13-22(25)23-19(6)20-12-16(3)15(2)11-17(20)4/h8-12,19H,13H2,1-7H3,(H,23,25). The lowest BCUT2D eigenvalue weighted by Gasteiger charge is -2.26. The molecule has 152 valence electrons. The summed E-state index contributed by atoms with van der Waals surface area (Å²) in [5, 5.41) is 2.95. The van der Waals surface area contributed by atoms with Crippen LogP contribution in [0.4, 0.5) is 5.69 Å². The minimum atomic E-state index is -3.60. The molecule has 0 aliphatic heterocycles. The average Bonchev–Trinajstić information content (AvgIpc) is 2.57. The van der Waals surface area contributed by atoms with Crippen molar-refractivity contribution in [2.24, 2.45) is 0 Å². The molecule has 1 atom stereocenters. The molecule has 1 unspecified atom stereocenters. The van der Waals surface area contributed by atoms with Crippen molar-refractivity contribution < 1.29 is 13.2 Å². The van der Waals surface area contributed by atoms with Gasteiger partial charge in [0.1, 0.15) is 6.54 Å². The van der Waals surface area contributed by atoms with E-state index in [0.29, 0.717) is 5.69 Å². The van der Waals surface area contributed by atoms with E-state index in [1.54, 1.807) is 12.1 Å². The van der Waals surface area contributed by atoms with E-state index in [0.717, 1.165) is 34.1 Å². The number of benzene rings is 2. The zero-order chi connectivity index (χ0) is 21.2. The van der Waals surface area contributed by atoms with Gasteiger partial charge < -0.3 is 5.32 Å². The Morgan fingerprint density at radius 3 is 2.21 bits per heavy atom. The third-order valence-corrected chi connectivity index (χ3v) is 6.39. The van der Waals surface area contributed by atoms with Gasteiger partial charge in [0.15, 0.2) is 0 Å². The molecule has 0 heterocycles. The summed E-state index contributed by atoms with van der Waals surface area (Å²) in [5.74, 6) is -0.337. The normalized spacial score (nSPS) is 12.5. The number of amides is 1. The maximum atomic E-state index is 12.7. The zero-order valence-corrected chi connectivity index (χ0v) is 18.6. The second kappa shape index (κ2) is 8.35. The maximum Gasteiger partial charge on any atom is 0.241 e. The smallest absolute Gasteiger partial charge is 0.241 e. The number of anilines is 1. The van der Waals surface area contributed by atoms with Crippen molar-refractivity contribution in [3.63, 3.8) is 0 Å². The van der Waals surface area contributed by atoms with Gasteiger partial charge in [-0.15, -0.1) is 0 Å². The van der Waals surface area contributed by atoms with Gasteiger partial charge in [-0.2, -0.15) is 0 Å². The molecular formula is C22H30N2O3S. The Bertz CT molecular complexity index is 997. The predicted molar refractivity (Wildman–Crippen MR) is 115 cm³/mol. The van der Waals surface area contributed by atoms with Crippen LogP contribution in [0.5, 0.6) is 0 Å². The first-order chi connectivity index (χ1) is 12.9. The van der Waals surface area contributed by atoms with Gasteiger partial charge in [0, 0.05) is 0 Å². The first-order valence-corrected chi connectivity index (χ1v) is 11.2. The van der Waals surface area contributed by atoms with Crippen molar-refractivity contribution >= 4 is 21.6 Å². The number of sulfonamides is 1. The van der Waals surface area contributed by atoms with E-state index in [-0.39, 0.29) is 18.5 Å². The Morgan fingerprint density at radius 1 is 1.00 bits per heavy atom. The van der Waals surface area contributed by atoms with Crippen LogP contribution in [0.3, 0.4) is 0 Å². The molecule has 2 aromatic carbocycles. The van der Waals surface area contributed by atoms with Gasteiger partial charge in [0.05, 0.1) is 18.0 Å². The van der Waals surface area contributed by atoms with Crippen molar-refractivity contribution in [1.82, 2.24) is 5.32 Å². The molecule has 2 aromatic rings.